The highest BCUT2D eigenvalue weighted by Crippen LogP contribution is 2.29. The summed E-state index contributed by atoms with van der Waals surface area (Å²) in [6.45, 7) is 3.10. The van der Waals surface area contributed by atoms with E-state index < -0.39 is 0 Å². The third kappa shape index (κ3) is 3.56. The zero-order valence-corrected chi connectivity index (χ0v) is 12.2. The third-order valence-corrected chi connectivity index (χ3v) is 5.08. The second-order valence-electron chi connectivity index (χ2n) is 5.41. The van der Waals surface area contributed by atoms with Crippen LogP contribution in [0, 0.1) is 5.92 Å². The normalized spacial score (nSPS) is 26.1. The average molecular weight is 266 g/mol. The number of nitrogens with one attached hydrogen (secondary N) is 1. The van der Waals surface area contributed by atoms with Crippen LogP contribution in [0.15, 0.2) is 17.5 Å². The Bertz CT molecular complexity index is 323. The van der Waals surface area contributed by atoms with Gasteiger partial charge in [-0.1, -0.05) is 32.3 Å². The van der Waals surface area contributed by atoms with Gasteiger partial charge in [-0.25, -0.2) is 0 Å². The van der Waals surface area contributed by atoms with Crippen LogP contribution >= 0.6 is 11.3 Å². The summed E-state index contributed by atoms with van der Waals surface area (Å²) < 4.78 is 0. The zero-order chi connectivity index (χ0) is 12.8. The van der Waals surface area contributed by atoms with Crippen molar-refractivity contribution < 1.29 is 0 Å². The molecule has 3 unspecified atom stereocenters. The Hall–Kier alpha value is -0.380. The molecule has 2 rings (SSSR count). The van der Waals surface area contributed by atoms with E-state index in [9.17, 15) is 0 Å². The summed E-state index contributed by atoms with van der Waals surface area (Å²) in [5.41, 5.74) is 5.92. The van der Waals surface area contributed by atoms with E-state index in [2.05, 4.69) is 29.8 Å². The molecule has 3 heteroatoms. The molecule has 102 valence electrons. The molecule has 1 fully saturated rings. The average Bonchev–Trinajstić information content (AvgIpc) is 2.92. The minimum Gasteiger partial charge on any atom is -0.330 e. The van der Waals surface area contributed by atoms with Crippen LogP contribution in [0.5, 0.6) is 0 Å². The van der Waals surface area contributed by atoms with E-state index in [4.69, 9.17) is 5.73 Å². The predicted octanol–water partition coefficient (Wildman–Crippen LogP) is 3.70. The Labute approximate surface area is 115 Å². The van der Waals surface area contributed by atoms with E-state index in [1.807, 2.05) is 11.3 Å². The van der Waals surface area contributed by atoms with Gasteiger partial charge in [0.05, 0.1) is 0 Å². The molecule has 1 aromatic rings. The molecule has 3 N–H and O–H groups in total. The molecule has 1 aliphatic rings. The fourth-order valence-electron chi connectivity index (χ4n) is 3.05. The van der Waals surface area contributed by atoms with Crippen molar-refractivity contribution in [2.24, 2.45) is 11.7 Å². The molecule has 1 aromatic heterocycles. The minimum atomic E-state index is 0.534. The highest BCUT2D eigenvalue weighted by Gasteiger charge is 2.26. The van der Waals surface area contributed by atoms with Crippen LogP contribution in [0.25, 0.3) is 0 Å². The lowest BCUT2D eigenvalue weighted by molar-refractivity contribution is 0.244. The number of hydrogen-bond acceptors (Lipinski definition) is 3. The summed E-state index contributed by atoms with van der Waals surface area (Å²) in [6.07, 6.45) is 7.78. The van der Waals surface area contributed by atoms with Gasteiger partial charge in [0.25, 0.3) is 0 Å². The molecule has 1 heterocycles. The van der Waals surface area contributed by atoms with Crippen LogP contribution < -0.4 is 11.1 Å². The zero-order valence-electron chi connectivity index (χ0n) is 11.4. The van der Waals surface area contributed by atoms with E-state index >= 15 is 0 Å². The smallest absolute Gasteiger partial charge is 0.0416 e. The van der Waals surface area contributed by atoms with Crippen molar-refractivity contribution >= 4 is 11.3 Å². The van der Waals surface area contributed by atoms with Crippen LogP contribution in [0.3, 0.4) is 0 Å². The summed E-state index contributed by atoms with van der Waals surface area (Å²) in [5, 5.41) is 6.07. The van der Waals surface area contributed by atoms with Crippen LogP contribution in [-0.4, -0.2) is 12.6 Å². The van der Waals surface area contributed by atoms with Gasteiger partial charge in [0.1, 0.15) is 0 Å². The van der Waals surface area contributed by atoms with Gasteiger partial charge in [-0.15, -0.1) is 11.3 Å². The van der Waals surface area contributed by atoms with E-state index in [0.717, 1.165) is 6.54 Å². The molecule has 0 amide bonds. The van der Waals surface area contributed by atoms with Crippen LogP contribution in [0.4, 0.5) is 0 Å². The first-order valence-corrected chi connectivity index (χ1v) is 8.22. The first-order chi connectivity index (χ1) is 8.85. The lowest BCUT2D eigenvalue weighted by atomic mass is 9.84. The molecular weight excluding hydrogens is 240 g/mol. The van der Waals surface area contributed by atoms with E-state index in [-0.39, 0.29) is 0 Å². The second-order valence-corrected chi connectivity index (χ2v) is 6.39. The standard InChI is InChI=1S/C15H26N2S/c1-2-6-14(15-9-5-10-18-15)17-13-8-4-3-7-12(13)11-16/h5,9-10,12-14,17H,2-4,6-8,11,16H2,1H3. The first-order valence-electron chi connectivity index (χ1n) is 7.34. The highest BCUT2D eigenvalue weighted by atomic mass is 32.1. The number of thiophene rings is 1. The molecule has 0 saturated heterocycles. The molecule has 18 heavy (non-hydrogen) atoms. The van der Waals surface area contributed by atoms with Gasteiger partial charge < -0.3 is 11.1 Å². The summed E-state index contributed by atoms with van der Waals surface area (Å²) in [4.78, 5) is 1.48. The minimum absolute atomic E-state index is 0.534. The molecule has 0 aliphatic heterocycles. The lowest BCUT2D eigenvalue weighted by Gasteiger charge is -2.34. The van der Waals surface area contributed by atoms with Crippen molar-refractivity contribution in [3.05, 3.63) is 22.4 Å². The van der Waals surface area contributed by atoms with Crippen LogP contribution in [0.2, 0.25) is 0 Å². The Kier molecular flexibility index (Phi) is 5.67. The topological polar surface area (TPSA) is 38.0 Å². The summed E-state index contributed by atoms with van der Waals surface area (Å²) in [6, 6.07) is 5.58. The van der Waals surface area contributed by atoms with Crippen molar-refractivity contribution in [3.8, 4) is 0 Å². The van der Waals surface area contributed by atoms with Gasteiger partial charge in [0.15, 0.2) is 0 Å². The fourth-order valence-corrected chi connectivity index (χ4v) is 3.88. The lowest BCUT2D eigenvalue weighted by Crippen LogP contribution is -2.43. The SMILES string of the molecule is CCCC(NC1CCCCC1CN)c1cccs1. The summed E-state index contributed by atoms with van der Waals surface area (Å²) in [7, 11) is 0. The van der Waals surface area contributed by atoms with Gasteiger partial charge in [-0.3, -0.25) is 0 Å². The molecule has 0 radical (unpaired) electrons. The highest BCUT2D eigenvalue weighted by molar-refractivity contribution is 7.10. The van der Waals surface area contributed by atoms with E-state index in [0.29, 0.717) is 18.0 Å². The van der Waals surface area contributed by atoms with Gasteiger partial charge in [0, 0.05) is 17.0 Å². The molecule has 0 aromatic carbocycles. The first kappa shape index (κ1) is 14.0. The Balaban J connectivity index is 1.99. The number of nitrogens with two attached hydrogens (primary N) is 1. The third-order valence-electron chi connectivity index (χ3n) is 4.09. The summed E-state index contributed by atoms with van der Waals surface area (Å²) in [5.74, 6) is 0.679. The van der Waals surface area contributed by atoms with Crippen molar-refractivity contribution in [2.75, 3.05) is 6.54 Å². The van der Waals surface area contributed by atoms with Crippen molar-refractivity contribution in [1.82, 2.24) is 5.32 Å². The molecule has 1 saturated carbocycles. The maximum Gasteiger partial charge on any atom is 0.0416 e. The van der Waals surface area contributed by atoms with Crippen LogP contribution in [0.1, 0.15) is 56.4 Å². The Morgan fingerprint density at radius 2 is 2.28 bits per heavy atom. The van der Waals surface area contributed by atoms with Gasteiger partial charge in [0.2, 0.25) is 0 Å². The quantitative estimate of drug-likeness (QED) is 0.824. The largest absolute Gasteiger partial charge is 0.330 e. The molecule has 0 spiro atoms. The molecule has 3 atom stereocenters. The molecule has 2 nitrogen and oxygen atoms in total. The second kappa shape index (κ2) is 7.27. The molecule has 0 bridgehead atoms. The van der Waals surface area contributed by atoms with Gasteiger partial charge in [-0.05, 0) is 43.2 Å². The van der Waals surface area contributed by atoms with Gasteiger partial charge >= 0.3 is 0 Å². The maximum absolute atomic E-state index is 5.92. The Morgan fingerprint density at radius 1 is 1.44 bits per heavy atom. The predicted molar refractivity (Wildman–Crippen MR) is 79.9 cm³/mol. The van der Waals surface area contributed by atoms with Crippen molar-refractivity contribution in [3.63, 3.8) is 0 Å². The van der Waals surface area contributed by atoms with Crippen molar-refractivity contribution in [2.45, 2.75) is 57.5 Å². The van der Waals surface area contributed by atoms with E-state index in [1.54, 1.807) is 0 Å². The summed E-state index contributed by atoms with van der Waals surface area (Å²) >= 11 is 1.87. The van der Waals surface area contributed by atoms with Crippen molar-refractivity contribution in [1.29, 1.82) is 0 Å². The van der Waals surface area contributed by atoms with E-state index in [1.165, 1.54) is 43.4 Å². The van der Waals surface area contributed by atoms with Crippen LogP contribution in [-0.2, 0) is 0 Å². The van der Waals surface area contributed by atoms with Gasteiger partial charge in [-0.2, -0.15) is 0 Å². The number of rotatable bonds is 6. The monoisotopic (exact) mass is 266 g/mol. The Morgan fingerprint density at radius 3 is 2.94 bits per heavy atom. The number of hydrogen-bond donors (Lipinski definition) is 2. The molecule has 1 aliphatic carbocycles. The fraction of sp³-hybridized carbons (Fsp3) is 0.733. The maximum atomic E-state index is 5.92. The molecular formula is C15H26N2S.